The molecule has 0 saturated carbocycles. The third-order valence-corrected chi connectivity index (χ3v) is 5.26. The highest BCUT2D eigenvalue weighted by Crippen LogP contribution is 2.29. The van der Waals surface area contributed by atoms with Crippen molar-refractivity contribution in [2.24, 2.45) is 4.99 Å². The van der Waals surface area contributed by atoms with E-state index in [4.69, 9.17) is 0 Å². The van der Waals surface area contributed by atoms with Crippen LogP contribution in [0.5, 0.6) is 5.88 Å². The molecule has 0 radical (unpaired) electrons. The molecule has 2 aliphatic heterocycles. The van der Waals surface area contributed by atoms with E-state index in [0.717, 1.165) is 36.3 Å². The summed E-state index contributed by atoms with van der Waals surface area (Å²) >= 11 is 0. The van der Waals surface area contributed by atoms with Gasteiger partial charge < -0.3 is 5.11 Å². The summed E-state index contributed by atoms with van der Waals surface area (Å²) in [6, 6.07) is 13.9. The number of aromatic nitrogens is 3. The van der Waals surface area contributed by atoms with E-state index in [1.807, 2.05) is 30.5 Å². The molecular formula is C22H21N5O. The maximum Gasteiger partial charge on any atom is 0.219 e. The van der Waals surface area contributed by atoms with Crippen LogP contribution in [-0.4, -0.2) is 50.6 Å². The molecule has 4 heterocycles. The Bertz CT molecular complexity index is 1070. The van der Waals surface area contributed by atoms with Crippen molar-refractivity contribution in [1.82, 2.24) is 19.7 Å². The fourth-order valence-corrected chi connectivity index (χ4v) is 3.87. The SMILES string of the molecule is Oc1c2c(nn1-c1ccccn1)CN(CC1=Cc3ccccc3C=NC1)CC2. The molecule has 28 heavy (non-hydrogen) atoms. The monoisotopic (exact) mass is 371 g/mol. The Morgan fingerprint density at radius 1 is 1.04 bits per heavy atom. The van der Waals surface area contributed by atoms with Crippen LogP contribution in [0.4, 0.5) is 0 Å². The molecule has 1 aromatic carbocycles. The van der Waals surface area contributed by atoms with E-state index in [-0.39, 0.29) is 5.88 Å². The van der Waals surface area contributed by atoms with Gasteiger partial charge in [-0.05, 0) is 35.3 Å². The van der Waals surface area contributed by atoms with Crippen LogP contribution in [-0.2, 0) is 13.0 Å². The minimum Gasteiger partial charge on any atom is -0.493 e. The molecule has 1 N–H and O–H groups in total. The average Bonchev–Trinajstić information content (AvgIpc) is 2.92. The molecule has 3 aromatic rings. The highest BCUT2D eigenvalue weighted by atomic mass is 16.3. The van der Waals surface area contributed by atoms with Gasteiger partial charge in [-0.2, -0.15) is 9.78 Å². The van der Waals surface area contributed by atoms with Crippen molar-refractivity contribution in [2.45, 2.75) is 13.0 Å². The third kappa shape index (κ3) is 3.12. The number of aliphatic imine (C=N–C) groups is 1. The molecule has 6 heteroatoms. The van der Waals surface area contributed by atoms with Gasteiger partial charge in [0.15, 0.2) is 5.82 Å². The zero-order valence-electron chi connectivity index (χ0n) is 15.5. The summed E-state index contributed by atoms with van der Waals surface area (Å²) in [6.07, 6.45) is 6.70. The molecule has 0 fully saturated rings. The van der Waals surface area contributed by atoms with Crippen LogP contribution in [0.15, 0.2) is 59.2 Å². The molecule has 0 aliphatic carbocycles. The van der Waals surface area contributed by atoms with Gasteiger partial charge in [-0.1, -0.05) is 36.4 Å². The summed E-state index contributed by atoms with van der Waals surface area (Å²) in [6.45, 7) is 3.16. The Morgan fingerprint density at radius 2 is 1.89 bits per heavy atom. The molecule has 0 amide bonds. The molecule has 0 unspecified atom stereocenters. The molecule has 0 saturated heterocycles. The zero-order valence-corrected chi connectivity index (χ0v) is 15.5. The van der Waals surface area contributed by atoms with Crippen LogP contribution in [0, 0.1) is 0 Å². The molecule has 0 atom stereocenters. The standard InChI is InChI=1S/C22H21N5O/c28-22-19-8-10-26(15-20(19)25-27(22)21-7-3-4-9-24-21)14-16-11-17-5-1-2-6-18(17)13-23-12-16/h1-7,9,11,13,28H,8,10,12,14-15H2. The molecule has 5 rings (SSSR count). The van der Waals surface area contributed by atoms with Crippen molar-refractivity contribution >= 4 is 12.3 Å². The van der Waals surface area contributed by atoms with Crippen LogP contribution in [0.2, 0.25) is 0 Å². The zero-order chi connectivity index (χ0) is 18.9. The number of aromatic hydroxyl groups is 1. The molecule has 0 spiro atoms. The molecule has 2 aromatic heterocycles. The summed E-state index contributed by atoms with van der Waals surface area (Å²) in [5.41, 5.74) is 5.52. The summed E-state index contributed by atoms with van der Waals surface area (Å²) in [7, 11) is 0. The first kappa shape index (κ1) is 16.9. The van der Waals surface area contributed by atoms with Crippen LogP contribution < -0.4 is 0 Å². The van der Waals surface area contributed by atoms with Gasteiger partial charge in [0.2, 0.25) is 5.88 Å². The Balaban J connectivity index is 1.37. The average molecular weight is 371 g/mol. The Labute approximate surface area is 163 Å². The van der Waals surface area contributed by atoms with E-state index in [1.165, 1.54) is 11.1 Å². The lowest BCUT2D eigenvalue weighted by atomic mass is 10.0. The van der Waals surface area contributed by atoms with Crippen molar-refractivity contribution in [3.8, 4) is 11.7 Å². The largest absolute Gasteiger partial charge is 0.493 e. The molecule has 6 nitrogen and oxygen atoms in total. The van der Waals surface area contributed by atoms with Gasteiger partial charge in [-0.15, -0.1) is 0 Å². The molecule has 0 bridgehead atoms. The van der Waals surface area contributed by atoms with Crippen molar-refractivity contribution < 1.29 is 5.11 Å². The first-order valence-corrected chi connectivity index (χ1v) is 9.50. The fourth-order valence-electron chi connectivity index (χ4n) is 3.87. The lowest BCUT2D eigenvalue weighted by molar-refractivity contribution is 0.270. The highest BCUT2D eigenvalue weighted by molar-refractivity contribution is 5.87. The first-order chi connectivity index (χ1) is 13.8. The lowest BCUT2D eigenvalue weighted by Gasteiger charge is -2.26. The smallest absolute Gasteiger partial charge is 0.219 e. The number of pyridine rings is 1. The van der Waals surface area contributed by atoms with Crippen LogP contribution >= 0.6 is 0 Å². The summed E-state index contributed by atoms with van der Waals surface area (Å²) in [4.78, 5) is 11.2. The topological polar surface area (TPSA) is 66.5 Å². The van der Waals surface area contributed by atoms with Crippen molar-refractivity contribution in [2.75, 3.05) is 19.6 Å². The maximum atomic E-state index is 10.6. The van der Waals surface area contributed by atoms with Gasteiger partial charge in [-0.25, -0.2) is 4.98 Å². The third-order valence-electron chi connectivity index (χ3n) is 5.26. The van der Waals surface area contributed by atoms with Crippen LogP contribution in [0.1, 0.15) is 22.4 Å². The minimum absolute atomic E-state index is 0.209. The van der Waals surface area contributed by atoms with Gasteiger partial charge in [0.05, 0.1) is 12.2 Å². The Morgan fingerprint density at radius 3 is 2.75 bits per heavy atom. The summed E-state index contributed by atoms with van der Waals surface area (Å²) in [5.74, 6) is 0.846. The Hall–Kier alpha value is -3.25. The number of hydrogen-bond donors (Lipinski definition) is 1. The molecular weight excluding hydrogens is 350 g/mol. The maximum absolute atomic E-state index is 10.6. The summed E-state index contributed by atoms with van der Waals surface area (Å²) < 4.78 is 1.54. The molecule has 2 aliphatic rings. The van der Waals surface area contributed by atoms with E-state index in [0.29, 0.717) is 18.9 Å². The van der Waals surface area contributed by atoms with Gasteiger partial charge in [0.1, 0.15) is 0 Å². The second-order valence-electron chi connectivity index (χ2n) is 7.21. The quantitative estimate of drug-likeness (QED) is 0.769. The predicted molar refractivity (Wildman–Crippen MR) is 109 cm³/mol. The van der Waals surface area contributed by atoms with Crippen molar-refractivity contribution in [1.29, 1.82) is 0 Å². The fraction of sp³-hybridized carbons (Fsp3) is 0.227. The van der Waals surface area contributed by atoms with E-state index in [9.17, 15) is 5.11 Å². The van der Waals surface area contributed by atoms with E-state index >= 15 is 0 Å². The van der Waals surface area contributed by atoms with Crippen molar-refractivity contribution in [3.63, 3.8) is 0 Å². The van der Waals surface area contributed by atoms with Gasteiger partial charge in [-0.3, -0.25) is 9.89 Å². The number of fused-ring (bicyclic) bond motifs is 2. The highest BCUT2D eigenvalue weighted by Gasteiger charge is 2.25. The number of nitrogens with zero attached hydrogens (tertiary/aromatic N) is 5. The Kier molecular flexibility index (Phi) is 4.25. The minimum atomic E-state index is 0.209. The summed E-state index contributed by atoms with van der Waals surface area (Å²) in [5, 5.41) is 15.2. The second-order valence-corrected chi connectivity index (χ2v) is 7.21. The van der Waals surface area contributed by atoms with E-state index in [2.05, 4.69) is 44.3 Å². The van der Waals surface area contributed by atoms with Crippen LogP contribution in [0.3, 0.4) is 0 Å². The second kappa shape index (κ2) is 7.05. The number of hydrogen-bond acceptors (Lipinski definition) is 5. The normalized spacial score (nSPS) is 16.2. The lowest BCUT2D eigenvalue weighted by Crippen LogP contribution is -2.32. The van der Waals surface area contributed by atoms with E-state index < -0.39 is 0 Å². The van der Waals surface area contributed by atoms with Gasteiger partial charge in [0, 0.05) is 37.6 Å². The number of benzene rings is 1. The first-order valence-electron chi connectivity index (χ1n) is 9.50. The van der Waals surface area contributed by atoms with Gasteiger partial charge in [0.25, 0.3) is 0 Å². The van der Waals surface area contributed by atoms with Crippen LogP contribution in [0.25, 0.3) is 11.9 Å². The number of rotatable bonds is 3. The van der Waals surface area contributed by atoms with Gasteiger partial charge >= 0.3 is 0 Å². The van der Waals surface area contributed by atoms with Crippen molar-refractivity contribution in [3.05, 3.63) is 76.6 Å². The van der Waals surface area contributed by atoms with E-state index in [1.54, 1.807) is 10.9 Å². The predicted octanol–water partition coefficient (Wildman–Crippen LogP) is 2.85. The molecule has 140 valence electrons.